The van der Waals surface area contributed by atoms with Crippen LogP contribution in [-0.2, 0) is 13.1 Å². The minimum Gasteiger partial charge on any atom is -0.306 e. The lowest BCUT2D eigenvalue weighted by atomic mass is 10.3. The molecule has 0 aliphatic rings. The largest absolute Gasteiger partial charge is 0.306 e. The fourth-order valence-corrected chi connectivity index (χ4v) is 1.34. The van der Waals surface area contributed by atoms with Crippen molar-refractivity contribution in [1.29, 1.82) is 0 Å². The highest BCUT2D eigenvalue weighted by Gasteiger charge is 1.96. The first-order chi connectivity index (χ1) is 7.84. The molecule has 0 saturated carbocycles. The maximum atomic E-state index is 4.30. The molecule has 2 aromatic heterocycles. The molecular formula is C11H13N5. The van der Waals surface area contributed by atoms with Crippen LogP contribution in [0.15, 0.2) is 30.9 Å². The van der Waals surface area contributed by atoms with Gasteiger partial charge in [0, 0.05) is 25.5 Å². The molecule has 0 saturated heterocycles. The van der Waals surface area contributed by atoms with E-state index in [0.29, 0.717) is 13.1 Å². The second-order valence-electron chi connectivity index (χ2n) is 3.40. The molecule has 82 valence electrons. The van der Waals surface area contributed by atoms with Crippen molar-refractivity contribution in [1.82, 2.24) is 25.3 Å². The number of aromatic nitrogens is 4. The van der Waals surface area contributed by atoms with Gasteiger partial charge >= 0.3 is 0 Å². The molecule has 0 spiro atoms. The Morgan fingerprint density at radius 1 is 1.06 bits per heavy atom. The molecule has 0 amide bonds. The molecule has 0 atom stereocenters. The highest BCUT2D eigenvalue weighted by molar-refractivity contribution is 5.02. The van der Waals surface area contributed by atoms with Crippen molar-refractivity contribution >= 4 is 0 Å². The zero-order chi connectivity index (χ0) is 11.2. The standard InChI is InChI=1S/C11H13N5/c1-9-14-5-3-11(16-9)7-13-6-10-2-4-12-8-15-10/h2-5,8,13H,6-7H2,1H3. The van der Waals surface area contributed by atoms with Gasteiger partial charge in [0.25, 0.3) is 0 Å². The molecule has 16 heavy (non-hydrogen) atoms. The third-order valence-electron chi connectivity index (χ3n) is 2.09. The summed E-state index contributed by atoms with van der Waals surface area (Å²) in [5, 5.41) is 3.26. The summed E-state index contributed by atoms with van der Waals surface area (Å²) in [6, 6.07) is 3.79. The van der Waals surface area contributed by atoms with E-state index in [0.717, 1.165) is 17.2 Å². The fraction of sp³-hybridized carbons (Fsp3) is 0.273. The zero-order valence-corrected chi connectivity index (χ0v) is 9.09. The lowest BCUT2D eigenvalue weighted by molar-refractivity contribution is 0.662. The molecule has 0 fully saturated rings. The van der Waals surface area contributed by atoms with Gasteiger partial charge in [-0.15, -0.1) is 0 Å². The number of hydrogen-bond acceptors (Lipinski definition) is 5. The Morgan fingerprint density at radius 2 is 1.88 bits per heavy atom. The first-order valence-corrected chi connectivity index (χ1v) is 5.09. The number of hydrogen-bond donors (Lipinski definition) is 1. The number of nitrogens with zero attached hydrogens (tertiary/aromatic N) is 4. The van der Waals surface area contributed by atoms with Gasteiger partial charge in [-0.25, -0.2) is 19.9 Å². The minimum absolute atomic E-state index is 0.714. The van der Waals surface area contributed by atoms with Gasteiger partial charge in [-0.1, -0.05) is 0 Å². The first kappa shape index (κ1) is 10.6. The van der Waals surface area contributed by atoms with Crippen molar-refractivity contribution in [3.05, 3.63) is 48.1 Å². The van der Waals surface area contributed by atoms with E-state index < -0.39 is 0 Å². The van der Waals surface area contributed by atoms with Crippen LogP contribution < -0.4 is 5.32 Å². The Labute approximate surface area is 94.0 Å². The summed E-state index contributed by atoms with van der Waals surface area (Å²) in [6.07, 6.45) is 5.05. The SMILES string of the molecule is Cc1nccc(CNCc2ccncn2)n1. The van der Waals surface area contributed by atoms with E-state index in [1.807, 2.05) is 19.1 Å². The third kappa shape index (κ3) is 3.06. The van der Waals surface area contributed by atoms with Crippen LogP contribution in [0, 0.1) is 6.92 Å². The van der Waals surface area contributed by atoms with E-state index in [1.54, 1.807) is 18.7 Å². The van der Waals surface area contributed by atoms with Crippen molar-refractivity contribution in [2.45, 2.75) is 20.0 Å². The van der Waals surface area contributed by atoms with Gasteiger partial charge in [0.05, 0.1) is 11.4 Å². The van der Waals surface area contributed by atoms with Crippen LogP contribution in [0.2, 0.25) is 0 Å². The maximum Gasteiger partial charge on any atom is 0.125 e. The van der Waals surface area contributed by atoms with Gasteiger partial charge in [0.1, 0.15) is 12.2 Å². The zero-order valence-electron chi connectivity index (χ0n) is 9.09. The summed E-state index contributed by atoms with van der Waals surface area (Å²) in [5.41, 5.74) is 1.96. The Balaban J connectivity index is 1.85. The molecule has 0 aromatic carbocycles. The summed E-state index contributed by atoms with van der Waals surface area (Å²) in [4.78, 5) is 16.3. The van der Waals surface area contributed by atoms with Crippen molar-refractivity contribution in [2.24, 2.45) is 0 Å². The maximum absolute atomic E-state index is 4.30. The van der Waals surface area contributed by atoms with E-state index in [-0.39, 0.29) is 0 Å². The van der Waals surface area contributed by atoms with Crippen molar-refractivity contribution in [3.63, 3.8) is 0 Å². The molecule has 2 heterocycles. The molecule has 5 nitrogen and oxygen atoms in total. The minimum atomic E-state index is 0.714. The van der Waals surface area contributed by atoms with Crippen molar-refractivity contribution in [3.8, 4) is 0 Å². The third-order valence-corrected chi connectivity index (χ3v) is 2.09. The van der Waals surface area contributed by atoms with E-state index in [4.69, 9.17) is 0 Å². The summed E-state index contributed by atoms with van der Waals surface area (Å²) < 4.78 is 0. The van der Waals surface area contributed by atoms with Gasteiger partial charge in [-0.2, -0.15) is 0 Å². The van der Waals surface area contributed by atoms with Crippen LogP contribution in [0.4, 0.5) is 0 Å². The molecule has 0 radical (unpaired) electrons. The highest BCUT2D eigenvalue weighted by atomic mass is 14.9. The lowest BCUT2D eigenvalue weighted by Gasteiger charge is -2.03. The number of aryl methyl sites for hydroxylation is 1. The number of rotatable bonds is 4. The monoisotopic (exact) mass is 215 g/mol. The summed E-state index contributed by atoms with van der Waals surface area (Å²) in [7, 11) is 0. The highest BCUT2D eigenvalue weighted by Crippen LogP contribution is 1.95. The Bertz CT molecular complexity index is 443. The molecule has 0 bridgehead atoms. The van der Waals surface area contributed by atoms with Crippen LogP contribution in [0.5, 0.6) is 0 Å². The molecule has 0 unspecified atom stereocenters. The molecular weight excluding hydrogens is 202 g/mol. The molecule has 2 rings (SSSR count). The number of nitrogens with one attached hydrogen (secondary N) is 1. The normalized spacial score (nSPS) is 10.3. The van der Waals surface area contributed by atoms with E-state index in [1.165, 1.54) is 0 Å². The van der Waals surface area contributed by atoms with Crippen LogP contribution >= 0.6 is 0 Å². The second kappa shape index (κ2) is 5.27. The Morgan fingerprint density at radius 3 is 2.62 bits per heavy atom. The van der Waals surface area contributed by atoms with Gasteiger partial charge in [-0.3, -0.25) is 0 Å². The molecule has 0 aliphatic carbocycles. The summed E-state index contributed by atoms with van der Waals surface area (Å²) in [5.74, 6) is 0.793. The van der Waals surface area contributed by atoms with Crippen LogP contribution in [0.25, 0.3) is 0 Å². The molecule has 5 heteroatoms. The summed E-state index contributed by atoms with van der Waals surface area (Å²) in [6.45, 7) is 3.31. The average Bonchev–Trinajstić information content (AvgIpc) is 2.30. The van der Waals surface area contributed by atoms with Crippen LogP contribution in [0.1, 0.15) is 17.2 Å². The second-order valence-corrected chi connectivity index (χ2v) is 3.40. The quantitative estimate of drug-likeness (QED) is 0.819. The lowest BCUT2D eigenvalue weighted by Crippen LogP contribution is -2.15. The van der Waals surface area contributed by atoms with Crippen LogP contribution in [-0.4, -0.2) is 19.9 Å². The van der Waals surface area contributed by atoms with Gasteiger partial charge in [0.2, 0.25) is 0 Å². The van der Waals surface area contributed by atoms with E-state index in [9.17, 15) is 0 Å². The predicted octanol–water partition coefficient (Wildman–Crippen LogP) is 0.865. The van der Waals surface area contributed by atoms with Crippen LogP contribution in [0.3, 0.4) is 0 Å². The van der Waals surface area contributed by atoms with Crippen molar-refractivity contribution < 1.29 is 0 Å². The first-order valence-electron chi connectivity index (χ1n) is 5.09. The molecule has 1 N–H and O–H groups in total. The Hall–Kier alpha value is -1.88. The van der Waals surface area contributed by atoms with Gasteiger partial charge in [0.15, 0.2) is 0 Å². The predicted molar refractivity (Wildman–Crippen MR) is 59.3 cm³/mol. The average molecular weight is 215 g/mol. The smallest absolute Gasteiger partial charge is 0.125 e. The summed E-state index contributed by atoms with van der Waals surface area (Å²) >= 11 is 0. The molecule has 0 aliphatic heterocycles. The van der Waals surface area contributed by atoms with E-state index in [2.05, 4.69) is 25.3 Å². The molecule has 2 aromatic rings. The van der Waals surface area contributed by atoms with Gasteiger partial charge in [-0.05, 0) is 19.1 Å². The topological polar surface area (TPSA) is 63.6 Å². The van der Waals surface area contributed by atoms with Gasteiger partial charge < -0.3 is 5.32 Å². The Kier molecular flexibility index (Phi) is 3.50. The van der Waals surface area contributed by atoms with E-state index >= 15 is 0 Å². The van der Waals surface area contributed by atoms with Crippen molar-refractivity contribution in [2.75, 3.05) is 0 Å². The fourth-order valence-electron chi connectivity index (χ4n) is 1.34.